The van der Waals surface area contributed by atoms with Gasteiger partial charge >= 0.3 is 0 Å². The first-order chi connectivity index (χ1) is 10.7. The fourth-order valence-electron chi connectivity index (χ4n) is 2.58. The molecular weight excluding hydrogens is 290 g/mol. The average Bonchev–Trinajstić information content (AvgIpc) is 2.56. The van der Waals surface area contributed by atoms with Crippen molar-refractivity contribution in [1.29, 1.82) is 0 Å². The zero-order valence-electron chi connectivity index (χ0n) is 12.2. The molecule has 0 saturated heterocycles. The molecular formula is C19H17NOS. The summed E-state index contributed by atoms with van der Waals surface area (Å²) in [6, 6.07) is 17.8. The SMILES string of the molecule is O=C(CCCc1ccccc1)c1cc(S)c2ncccc2c1. The molecule has 0 bridgehead atoms. The predicted octanol–water partition coefficient (Wildman–Crippen LogP) is 4.73. The maximum atomic E-state index is 12.4. The molecule has 2 nitrogen and oxygen atoms in total. The number of carbonyl (C=O) groups is 1. The minimum Gasteiger partial charge on any atom is -0.294 e. The van der Waals surface area contributed by atoms with Gasteiger partial charge in [-0.25, -0.2) is 0 Å². The number of benzene rings is 2. The first kappa shape index (κ1) is 14.8. The van der Waals surface area contributed by atoms with E-state index in [1.807, 2.05) is 42.5 Å². The lowest BCUT2D eigenvalue weighted by Gasteiger charge is -2.06. The van der Waals surface area contributed by atoms with Crippen LogP contribution in [0.2, 0.25) is 0 Å². The Hall–Kier alpha value is -2.13. The molecule has 1 heterocycles. The maximum Gasteiger partial charge on any atom is 0.162 e. The molecule has 3 rings (SSSR count). The Balaban J connectivity index is 1.70. The molecule has 0 fully saturated rings. The van der Waals surface area contributed by atoms with Crippen LogP contribution in [0.4, 0.5) is 0 Å². The zero-order chi connectivity index (χ0) is 15.4. The van der Waals surface area contributed by atoms with Crippen molar-refractivity contribution >= 4 is 29.3 Å². The normalized spacial score (nSPS) is 10.8. The number of rotatable bonds is 5. The van der Waals surface area contributed by atoms with Crippen molar-refractivity contribution < 1.29 is 4.79 Å². The van der Waals surface area contributed by atoms with Crippen LogP contribution in [0.1, 0.15) is 28.8 Å². The third kappa shape index (κ3) is 3.37. The highest BCUT2D eigenvalue weighted by Crippen LogP contribution is 2.23. The van der Waals surface area contributed by atoms with Gasteiger partial charge in [-0.2, -0.15) is 0 Å². The van der Waals surface area contributed by atoms with Crippen molar-refractivity contribution in [2.24, 2.45) is 0 Å². The molecule has 3 heteroatoms. The van der Waals surface area contributed by atoms with Gasteiger partial charge in [-0.3, -0.25) is 9.78 Å². The van der Waals surface area contributed by atoms with E-state index in [4.69, 9.17) is 0 Å². The fourth-order valence-corrected chi connectivity index (χ4v) is 2.90. The minimum absolute atomic E-state index is 0.164. The lowest BCUT2D eigenvalue weighted by Crippen LogP contribution is -2.00. The summed E-state index contributed by atoms with van der Waals surface area (Å²) in [5.74, 6) is 0.164. The summed E-state index contributed by atoms with van der Waals surface area (Å²) in [6.07, 6.45) is 4.07. The molecule has 2 aromatic carbocycles. The van der Waals surface area contributed by atoms with Gasteiger partial charge in [0.05, 0.1) is 5.52 Å². The Bertz CT molecular complexity index is 799. The number of nitrogens with zero attached hydrogens (tertiary/aromatic N) is 1. The lowest BCUT2D eigenvalue weighted by atomic mass is 10.0. The van der Waals surface area contributed by atoms with E-state index < -0.39 is 0 Å². The van der Waals surface area contributed by atoms with E-state index in [1.54, 1.807) is 6.20 Å². The second-order valence-corrected chi connectivity index (χ2v) is 5.81. The van der Waals surface area contributed by atoms with E-state index in [0.717, 1.165) is 34.2 Å². The highest BCUT2D eigenvalue weighted by Gasteiger charge is 2.09. The molecule has 0 unspecified atom stereocenters. The monoisotopic (exact) mass is 307 g/mol. The van der Waals surface area contributed by atoms with Gasteiger partial charge in [-0.1, -0.05) is 36.4 Å². The molecule has 110 valence electrons. The summed E-state index contributed by atoms with van der Waals surface area (Å²) in [4.78, 5) is 17.4. The van der Waals surface area contributed by atoms with Crippen LogP contribution < -0.4 is 0 Å². The van der Waals surface area contributed by atoms with E-state index in [0.29, 0.717) is 6.42 Å². The maximum absolute atomic E-state index is 12.4. The summed E-state index contributed by atoms with van der Waals surface area (Å²) in [5.41, 5.74) is 2.83. The molecule has 0 aliphatic heterocycles. The van der Waals surface area contributed by atoms with Crippen molar-refractivity contribution in [2.45, 2.75) is 24.2 Å². The van der Waals surface area contributed by atoms with Crippen LogP contribution in [0.3, 0.4) is 0 Å². The van der Waals surface area contributed by atoms with Gasteiger partial charge in [0.25, 0.3) is 0 Å². The molecule has 0 radical (unpaired) electrons. The van der Waals surface area contributed by atoms with Gasteiger partial charge < -0.3 is 0 Å². The number of aryl methyl sites for hydroxylation is 1. The van der Waals surface area contributed by atoms with Gasteiger partial charge in [-0.15, -0.1) is 12.6 Å². The standard InChI is InChI=1S/C19H17NOS/c21-17(10-4-8-14-6-2-1-3-7-14)16-12-15-9-5-11-20-19(15)18(22)13-16/h1-3,5-7,9,11-13,22H,4,8,10H2. The summed E-state index contributed by atoms with van der Waals surface area (Å²) < 4.78 is 0. The van der Waals surface area contributed by atoms with Crippen molar-refractivity contribution in [2.75, 3.05) is 0 Å². The minimum atomic E-state index is 0.164. The molecule has 3 aromatic rings. The number of carbonyl (C=O) groups excluding carboxylic acids is 1. The summed E-state index contributed by atoms with van der Waals surface area (Å²) in [7, 11) is 0. The van der Waals surface area contributed by atoms with Crippen LogP contribution in [-0.2, 0) is 6.42 Å². The van der Waals surface area contributed by atoms with Crippen LogP contribution in [0.25, 0.3) is 10.9 Å². The summed E-state index contributed by atoms with van der Waals surface area (Å²) in [6.45, 7) is 0. The highest BCUT2D eigenvalue weighted by molar-refractivity contribution is 7.80. The van der Waals surface area contributed by atoms with Gasteiger partial charge in [0.1, 0.15) is 0 Å². The topological polar surface area (TPSA) is 30.0 Å². The molecule has 0 aliphatic rings. The molecule has 0 N–H and O–H groups in total. The van der Waals surface area contributed by atoms with Crippen LogP contribution >= 0.6 is 12.6 Å². The zero-order valence-corrected chi connectivity index (χ0v) is 13.1. The second kappa shape index (κ2) is 6.75. The Morgan fingerprint density at radius 3 is 2.68 bits per heavy atom. The van der Waals surface area contributed by atoms with Crippen molar-refractivity contribution in [3.63, 3.8) is 0 Å². The number of aromatic nitrogens is 1. The highest BCUT2D eigenvalue weighted by atomic mass is 32.1. The van der Waals surface area contributed by atoms with E-state index in [1.165, 1.54) is 5.56 Å². The Kier molecular flexibility index (Phi) is 4.54. The molecule has 0 aliphatic carbocycles. The number of pyridine rings is 1. The lowest BCUT2D eigenvalue weighted by molar-refractivity contribution is 0.0980. The van der Waals surface area contributed by atoms with Gasteiger partial charge in [-0.05, 0) is 36.6 Å². The van der Waals surface area contributed by atoms with Crippen LogP contribution in [0, 0.1) is 0 Å². The van der Waals surface area contributed by atoms with Gasteiger partial charge in [0.15, 0.2) is 5.78 Å². The molecule has 0 atom stereocenters. The third-order valence-corrected chi connectivity index (χ3v) is 4.06. The number of Topliss-reactive ketones (excluding diaryl/α,β-unsaturated/α-hetero) is 1. The number of fused-ring (bicyclic) bond motifs is 1. The van der Waals surface area contributed by atoms with E-state index in [-0.39, 0.29) is 5.78 Å². The summed E-state index contributed by atoms with van der Waals surface area (Å²) >= 11 is 4.45. The van der Waals surface area contributed by atoms with E-state index in [2.05, 4.69) is 29.7 Å². The molecule has 0 saturated carbocycles. The molecule has 22 heavy (non-hydrogen) atoms. The van der Waals surface area contributed by atoms with Crippen LogP contribution in [0.5, 0.6) is 0 Å². The molecule has 1 aromatic heterocycles. The smallest absolute Gasteiger partial charge is 0.162 e. The number of hydrogen-bond acceptors (Lipinski definition) is 3. The largest absolute Gasteiger partial charge is 0.294 e. The van der Waals surface area contributed by atoms with E-state index in [9.17, 15) is 4.79 Å². The number of hydrogen-bond donors (Lipinski definition) is 1. The van der Waals surface area contributed by atoms with Crippen molar-refractivity contribution in [1.82, 2.24) is 4.98 Å². The average molecular weight is 307 g/mol. The van der Waals surface area contributed by atoms with Crippen LogP contribution in [-0.4, -0.2) is 10.8 Å². The number of thiol groups is 1. The Morgan fingerprint density at radius 2 is 1.86 bits per heavy atom. The van der Waals surface area contributed by atoms with Crippen molar-refractivity contribution in [3.05, 3.63) is 71.9 Å². The van der Waals surface area contributed by atoms with E-state index >= 15 is 0 Å². The number of ketones is 1. The van der Waals surface area contributed by atoms with Crippen LogP contribution in [0.15, 0.2) is 65.7 Å². The fraction of sp³-hybridized carbons (Fsp3) is 0.158. The van der Waals surface area contributed by atoms with Gasteiger partial charge in [0.2, 0.25) is 0 Å². The molecule has 0 spiro atoms. The Labute approximate surface area is 135 Å². The first-order valence-electron chi connectivity index (χ1n) is 7.39. The summed E-state index contributed by atoms with van der Waals surface area (Å²) in [5, 5.41) is 0.960. The van der Waals surface area contributed by atoms with Gasteiger partial charge in [0, 0.05) is 28.5 Å². The molecule has 0 amide bonds. The predicted molar refractivity (Wildman–Crippen MR) is 92.7 cm³/mol. The first-order valence-corrected chi connectivity index (χ1v) is 7.83. The third-order valence-electron chi connectivity index (χ3n) is 3.72. The Morgan fingerprint density at radius 1 is 1.05 bits per heavy atom. The van der Waals surface area contributed by atoms with Crippen molar-refractivity contribution in [3.8, 4) is 0 Å². The second-order valence-electron chi connectivity index (χ2n) is 5.33. The quantitative estimate of drug-likeness (QED) is 0.545.